The monoisotopic (exact) mass is 468 g/mol. The summed E-state index contributed by atoms with van der Waals surface area (Å²) in [5.41, 5.74) is 4.17. The normalized spacial score (nSPS) is 12.2. The predicted molar refractivity (Wildman–Crippen MR) is 130 cm³/mol. The number of para-hydroxylation sites is 1. The molecular weight excluding hydrogens is 439 g/mol. The zero-order valence-electron chi connectivity index (χ0n) is 19.1. The highest BCUT2D eigenvalue weighted by Gasteiger charge is 2.22. The van der Waals surface area contributed by atoms with Crippen LogP contribution in [0.25, 0.3) is 0 Å². The first-order valence-electron chi connectivity index (χ1n) is 10.8. The van der Waals surface area contributed by atoms with Crippen molar-refractivity contribution >= 4 is 21.6 Å². The molecule has 5 nitrogen and oxygen atoms in total. The average molecular weight is 469 g/mol. The molecule has 3 aromatic carbocycles. The van der Waals surface area contributed by atoms with E-state index in [0.29, 0.717) is 0 Å². The van der Waals surface area contributed by atoms with E-state index in [1.807, 2.05) is 56.3 Å². The van der Waals surface area contributed by atoms with Gasteiger partial charge in [-0.15, -0.1) is 0 Å². The van der Waals surface area contributed by atoms with Gasteiger partial charge in [-0.2, -0.15) is 0 Å². The zero-order chi connectivity index (χ0) is 24.0. The lowest BCUT2D eigenvalue weighted by atomic mass is 9.93. The quantitative estimate of drug-likeness (QED) is 0.486. The molecular formula is C26H29FN2O3S. The van der Waals surface area contributed by atoms with Crippen LogP contribution in [-0.4, -0.2) is 27.1 Å². The molecule has 0 aliphatic rings. The van der Waals surface area contributed by atoms with Gasteiger partial charge in [0.2, 0.25) is 15.9 Å². The molecule has 3 rings (SSSR count). The third-order valence-electron chi connectivity index (χ3n) is 5.46. The third-order valence-corrected chi connectivity index (χ3v) is 6.64. The number of anilines is 1. The number of halogens is 1. The van der Waals surface area contributed by atoms with Crippen molar-refractivity contribution < 1.29 is 17.6 Å². The Morgan fingerprint density at radius 2 is 1.67 bits per heavy atom. The molecule has 0 unspecified atom stereocenters. The number of nitrogens with one attached hydrogen (secondary N) is 1. The highest BCUT2D eigenvalue weighted by molar-refractivity contribution is 7.92. The van der Waals surface area contributed by atoms with Crippen LogP contribution >= 0.6 is 0 Å². The van der Waals surface area contributed by atoms with E-state index >= 15 is 0 Å². The molecule has 3 aromatic rings. The second kappa shape index (κ2) is 10.6. The minimum absolute atomic E-state index is 0.00670. The Kier molecular flexibility index (Phi) is 7.87. The molecule has 7 heteroatoms. The summed E-state index contributed by atoms with van der Waals surface area (Å²) in [7, 11) is -3.70. The van der Waals surface area contributed by atoms with Crippen LogP contribution in [0.3, 0.4) is 0 Å². The summed E-state index contributed by atoms with van der Waals surface area (Å²) >= 11 is 0. The molecule has 0 radical (unpaired) electrons. The first-order valence-corrected chi connectivity index (χ1v) is 12.7. The molecule has 0 saturated heterocycles. The van der Waals surface area contributed by atoms with Crippen LogP contribution in [0.15, 0.2) is 72.8 Å². The number of carbonyl (C=O) groups excluding carboxylic acids is 1. The van der Waals surface area contributed by atoms with Crippen molar-refractivity contribution in [3.8, 4) is 0 Å². The van der Waals surface area contributed by atoms with E-state index in [1.165, 1.54) is 18.2 Å². The molecule has 0 spiro atoms. The van der Waals surface area contributed by atoms with Gasteiger partial charge >= 0.3 is 0 Å². The topological polar surface area (TPSA) is 66.5 Å². The molecule has 1 amide bonds. The van der Waals surface area contributed by atoms with E-state index in [0.717, 1.165) is 32.8 Å². The SMILES string of the molecule is Cc1ccc([C@H](NC(=O)CCCN(c2ccccc2F)S(C)(=O)=O)c2ccccc2)c(C)c1. The fourth-order valence-electron chi connectivity index (χ4n) is 3.87. The van der Waals surface area contributed by atoms with Crippen LogP contribution in [0.2, 0.25) is 0 Å². The summed E-state index contributed by atoms with van der Waals surface area (Å²) in [4.78, 5) is 12.9. The lowest BCUT2D eigenvalue weighted by Crippen LogP contribution is -2.33. The number of rotatable bonds is 9. The molecule has 1 N–H and O–H groups in total. The summed E-state index contributed by atoms with van der Waals surface area (Å²) < 4.78 is 39.7. The molecule has 0 heterocycles. The van der Waals surface area contributed by atoms with Crippen molar-refractivity contribution in [2.45, 2.75) is 32.7 Å². The van der Waals surface area contributed by atoms with Crippen molar-refractivity contribution in [2.75, 3.05) is 17.1 Å². The Hall–Kier alpha value is -3.19. The van der Waals surface area contributed by atoms with Gasteiger partial charge in [0.15, 0.2) is 0 Å². The van der Waals surface area contributed by atoms with E-state index in [9.17, 15) is 17.6 Å². The number of benzene rings is 3. The van der Waals surface area contributed by atoms with Crippen molar-refractivity contribution in [1.29, 1.82) is 0 Å². The largest absolute Gasteiger partial charge is 0.345 e. The molecule has 0 aliphatic carbocycles. The second-order valence-electron chi connectivity index (χ2n) is 8.16. The first kappa shape index (κ1) is 24.5. The molecule has 0 aromatic heterocycles. The summed E-state index contributed by atoms with van der Waals surface area (Å²) in [6.45, 7) is 4.05. The van der Waals surface area contributed by atoms with Gasteiger partial charge in [0, 0.05) is 13.0 Å². The number of hydrogen-bond donors (Lipinski definition) is 1. The van der Waals surface area contributed by atoms with Gasteiger partial charge in [-0.1, -0.05) is 66.2 Å². The van der Waals surface area contributed by atoms with Gasteiger partial charge in [-0.05, 0) is 49.1 Å². The maximum Gasteiger partial charge on any atom is 0.232 e. The Labute approximate surface area is 195 Å². The van der Waals surface area contributed by atoms with E-state index in [1.54, 1.807) is 6.07 Å². The fraction of sp³-hybridized carbons (Fsp3) is 0.269. The number of amides is 1. The molecule has 174 valence electrons. The number of nitrogens with zero attached hydrogens (tertiary/aromatic N) is 1. The van der Waals surface area contributed by atoms with Crippen LogP contribution < -0.4 is 9.62 Å². The van der Waals surface area contributed by atoms with Crippen LogP contribution in [0.1, 0.15) is 41.1 Å². The average Bonchev–Trinajstić information content (AvgIpc) is 2.76. The van der Waals surface area contributed by atoms with Crippen molar-refractivity contribution in [1.82, 2.24) is 5.32 Å². The van der Waals surface area contributed by atoms with Crippen molar-refractivity contribution in [2.24, 2.45) is 0 Å². The number of hydrogen-bond acceptors (Lipinski definition) is 3. The Morgan fingerprint density at radius 3 is 2.30 bits per heavy atom. The number of aryl methyl sites for hydroxylation is 2. The lowest BCUT2D eigenvalue weighted by molar-refractivity contribution is -0.121. The van der Waals surface area contributed by atoms with Gasteiger partial charge in [-0.3, -0.25) is 9.10 Å². The van der Waals surface area contributed by atoms with Crippen LogP contribution in [-0.2, 0) is 14.8 Å². The van der Waals surface area contributed by atoms with Crippen molar-refractivity contribution in [3.63, 3.8) is 0 Å². The third kappa shape index (κ3) is 6.42. The van der Waals surface area contributed by atoms with Crippen LogP contribution in [0.4, 0.5) is 10.1 Å². The molecule has 0 bridgehead atoms. The van der Waals surface area contributed by atoms with Gasteiger partial charge in [-0.25, -0.2) is 12.8 Å². The van der Waals surface area contributed by atoms with Crippen LogP contribution in [0, 0.1) is 19.7 Å². The van der Waals surface area contributed by atoms with E-state index in [2.05, 4.69) is 11.4 Å². The molecule has 33 heavy (non-hydrogen) atoms. The Bertz CT molecular complexity index is 1210. The molecule has 1 atom stereocenters. The van der Waals surface area contributed by atoms with Gasteiger partial charge in [0.1, 0.15) is 5.82 Å². The lowest BCUT2D eigenvalue weighted by Gasteiger charge is -2.24. The van der Waals surface area contributed by atoms with E-state index in [-0.39, 0.29) is 37.0 Å². The van der Waals surface area contributed by atoms with E-state index in [4.69, 9.17) is 0 Å². The first-order chi connectivity index (χ1) is 15.7. The maximum absolute atomic E-state index is 14.2. The van der Waals surface area contributed by atoms with Crippen LogP contribution in [0.5, 0.6) is 0 Å². The Morgan fingerprint density at radius 1 is 1.00 bits per heavy atom. The van der Waals surface area contributed by atoms with Gasteiger partial charge in [0.25, 0.3) is 0 Å². The fourth-order valence-corrected chi connectivity index (χ4v) is 4.84. The summed E-state index contributed by atoms with van der Waals surface area (Å²) in [5, 5.41) is 3.09. The highest BCUT2D eigenvalue weighted by Crippen LogP contribution is 2.26. The minimum Gasteiger partial charge on any atom is -0.345 e. The molecule has 0 fully saturated rings. The van der Waals surface area contributed by atoms with Gasteiger partial charge < -0.3 is 5.32 Å². The highest BCUT2D eigenvalue weighted by atomic mass is 32.2. The number of sulfonamides is 1. The molecule has 0 aliphatic heterocycles. The number of carbonyl (C=O) groups is 1. The zero-order valence-corrected chi connectivity index (χ0v) is 19.9. The smallest absolute Gasteiger partial charge is 0.232 e. The van der Waals surface area contributed by atoms with E-state index < -0.39 is 15.8 Å². The maximum atomic E-state index is 14.2. The summed E-state index contributed by atoms with van der Waals surface area (Å²) in [6.07, 6.45) is 1.39. The standard InChI is InChI=1S/C26H29FN2O3S/c1-19-15-16-22(20(2)18-19)26(21-10-5-4-6-11-21)28-25(30)14-9-17-29(33(3,31)32)24-13-8-7-12-23(24)27/h4-8,10-13,15-16,18,26H,9,14,17H2,1-3H3,(H,28,30)/t26-/m1/s1. The summed E-state index contributed by atoms with van der Waals surface area (Å²) in [6, 6.07) is 21.2. The predicted octanol–water partition coefficient (Wildman–Crippen LogP) is 4.89. The second-order valence-corrected chi connectivity index (χ2v) is 10.1. The van der Waals surface area contributed by atoms with Crippen molar-refractivity contribution in [3.05, 3.63) is 101 Å². The Balaban J connectivity index is 1.73. The minimum atomic E-state index is -3.70. The van der Waals surface area contributed by atoms with Gasteiger partial charge in [0.05, 0.1) is 18.0 Å². The summed E-state index contributed by atoms with van der Waals surface area (Å²) in [5.74, 6) is -0.822. The molecule has 0 saturated carbocycles.